The van der Waals surface area contributed by atoms with Crippen LogP contribution in [0.4, 0.5) is 0 Å². The maximum Gasteiger partial charge on any atom is 0.311 e. The van der Waals surface area contributed by atoms with Crippen LogP contribution in [0.5, 0.6) is 11.5 Å². The Morgan fingerprint density at radius 1 is 1.23 bits per heavy atom. The number of rotatable bonds is 8. The Balaban J connectivity index is 1.34. The van der Waals surface area contributed by atoms with Crippen LogP contribution >= 0.6 is 0 Å². The van der Waals surface area contributed by atoms with E-state index in [0.717, 1.165) is 55.8 Å². The van der Waals surface area contributed by atoms with Gasteiger partial charge >= 0.3 is 5.97 Å². The van der Waals surface area contributed by atoms with Crippen molar-refractivity contribution in [3.05, 3.63) is 35.4 Å². The summed E-state index contributed by atoms with van der Waals surface area (Å²) in [5.41, 5.74) is 1.80. The number of piperidine rings is 1. The van der Waals surface area contributed by atoms with Crippen LogP contribution in [0.2, 0.25) is 0 Å². The fourth-order valence-electron chi connectivity index (χ4n) is 7.77. The molecule has 2 saturated carbocycles. The average Bonchev–Trinajstić information content (AvgIpc) is 3.35. The zero-order valence-corrected chi connectivity index (χ0v) is 21.5. The Kier molecular flexibility index (Phi) is 5.80. The standard InChI is InChI=1S/C30H41NO4/c1-4-19(2)28-30-15-16-31(18-21-9-10-21)24(29(30,3)33)17-22-12-13-23(27(35-28)26(22)30)34-25(32)14-11-20-7-5-6-8-20/h12-13,20-21,24,28,33H,2,4-11,14-18H2,1,3H3/t24?,28-,29+,30-/m0/s1. The molecule has 0 aromatic heterocycles. The van der Waals surface area contributed by atoms with Crippen LogP contribution in [-0.4, -0.2) is 46.8 Å². The molecule has 1 aromatic carbocycles. The van der Waals surface area contributed by atoms with Crippen LogP contribution in [0.25, 0.3) is 0 Å². The van der Waals surface area contributed by atoms with Crippen molar-refractivity contribution in [2.24, 2.45) is 11.8 Å². The van der Waals surface area contributed by atoms with Gasteiger partial charge in [0.2, 0.25) is 0 Å². The Morgan fingerprint density at radius 2 is 2.00 bits per heavy atom. The van der Waals surface area contributed by atoms with E-state index in [1.54, 1.807) is 0 Å². The summed E-state index contributed by atoms with van der Waals surface area (Å²) in [7, 11) is 0. The molecule has 6 rings (SSSR count). The molecule has 5 aliphatic rings. The lowest BCUT2D eigenvalue weighted by atomic mass is 9.52. The zero-order valence-electron chi connectivity index (χ0n) is 21.5. The summed E-state index contributed by atoms with van der Waals surface area (Å²) in [4.78, 5) is 15.4. The number of esters is 1. The van der Waals surface area contributed by atoms with Crippen LogP contribution in [-0.2, 0) is 16.6 Å². The second kappa shape index (κ2) is 8.62. The molecule has 5 heteroatoms. The molecule has 5 nitrogen and oxygen atoms in total. The molecule has 1 saturated heterocycles. The van der Waals surface area contributed by atoms with E-state index in [1.165, 1.54) is 44.1 Å². The van der Waals surface area contributed by atoms with E-state index < -0.39 is 11.0 Å². The van der Waals surface area contributed by atoms with E-state index in [2.05, 4.69) is 24.5 Å². The first-order valence-electron chi connectivity index (χ1n) is 14.0. The minimum Gasteiger partial charge on any atom is -0.481 e. The molecular weight excluding hydrogens is 438 g/mol. The first kappa shape index (κ1) is 23.5. The van der Waals surface area contributed by atoms with E-state index in [1.807, 2.05) is 13.0 Å². The zero-order chi connectivity index (χ0) is 24.4. The molecule has 3 fully saturated rings. The number of aliphatic hydroxyl groups is 1. The Bertz CT molecular complexity index is 1020. The lowest BCUT2D eigenvalue weighted by Crippen LogP contribution is -2.73. The van der Waals surface area contributed by atoms with Gasteiger partial charge in [-0.2, -0.15) is 0 Å². The predicted octanol–water partition coefficient (Wildman–Crippen LogP) is 5.32. The molecule has 0 radical (unpaired) electrons. The normalized spacial score (nSPS) is 33.9. The van der Waals surface area contributed by atoms with Crippen molar-refractivity contribution in [2.45, 2.75) is 108 Å². The lowest BCUT2D eigenvalue weighted by Gasteiger charge is -2.60. The topological polar surface area (TPSA) is 59.0 Å². The first-order chi connectivity index (χ1) is 16.8. The second-order valence-corrected chi connectivity index (χ2v) is 12.1. The predicted molar refractivity (Wildman–Crippen MR) is 136 cm³/mol. The van der Waals surface area contributed by atoms with Crippen LogP contribution < -0.4 is 9.47 Å². The van der Waals surface area contributed by atoms with Gasteiger partial charge in [0.1, 0.15) is 6.10 Å². The maximum absolute atomic E-state index is 12.8. The van der Waals surface area contributed by atoms with Gasteiger partial charge in [-0.05, 0) is 81.0 Å². The largest absolute Gasteiger partial charge is 0.481 e. The third kappa shape index (κ3) is 3.68. The first-order valence-corrected chi connectivity index (χ1v) is 14.0. The van der Waals surface area contributed by atoms with Crippen molar-refractivity contribution in [1.29, 1.82) is 0 Å². The van der Waals surface area contributed by atoms with Crippen LogP contribution in [0.3, 0.4) is 0 Å². The monoisotopic (exact) mass is 479 g/mol. The fraction of sp³-hybridized carbons (Fsp3) is 0.700. The number of carbonyl (C=O) groups excluding carboxylic acids is 1. The van der Waals surface area contributed by atoms with E-state index in [-0.39, 0.29) is 18.1 Å². The van der Waals surface area contributed by atoms with Gasteiger partial charge in [-0.25, -0.2) is 0 Å². The number of hydrogen-bond acceptors (Lipinski definition) is 5. The van der Waals surface area contributed by atoms with Crippen molar-refractivity contribution in [3.63, 3.8) is 0 Å². The maximum atomic E-state index is 12.8. The molecule has 2 bridgehead atoms. The summed E-state index contributed by atoms with van der Waals surface area (Å²) in [6.45, 7) is 10.5. The minimum atomic E-state index is -0.952. The number of hydrogen-bond donors (Lipinski definition) is 1. The number of likely N-dealkylation sites (tertiary alicyclic amines) is 1. The molecule has 2 aliphatic heterocycles. The summed E-state index contributed by atoms with van der Waals surface area (Å²) in [6.07, 6.45) is 11.1. The highest BCUT2D eigenvalue weighted by Gasteiger charge is 2.68. The van der Waals surface area contributed by atoms with Crippen molar-refractivity contribution in [2.75, 3.05) is 13.1 Å². The molecule has 190 valence electrons. The third-order valence-corrected chi connectivity index (χ3v) is 10.0. The van der Waals surface area contributed by atoms with Crippen molar-refractivity contribution in [3.8, 4) is 11.5 Å². The highest BCUT2D eigenvalue weighted by molar-refractivity contribution is 5.75. The molecular formula is C30H41NO4. The summed E-state index contributed by atoms with van der Waals surface area (Å²) < 4.78 is 12.6. The molecule has 1 N–H and O–H groups in total. The number of benzene rings is 1. The molecule has 35 heavy (non-hydrogen) atoms. The van der Waals surface area contributed by atoms with Gasteiger partial charge in [-0.3, -0.25) is 9.69 Å². The van der Waals surface area contributed by atoms with Gasteiger partial charge in [0.05, 0.1) is 11.0 Å². The van der Waals surface area contributed by atoms with Gasteiger partial charge in [0.25, 0.3) is 0 Å². The number of ether oxygens (including phenoxy) is 2. The molecule has 3 aliphatic carbocycles. The second-order valence-electron chi connectivity index (χ2n) is 12.1. The molecule has 1 unspecified atom stereocenters. The highest BCUT2D eigenvalue weighted by atomic mass is 16.6. The molecule has 4 atom stereocenters. The van der Waals surface area contributed by atoms with Gasteiger partial charge in [-0.15, -0.1) is 0 Å². The van der Waals surface area contributed by atoms with E-state index in [9.17, 15) is 9.90 Å². The van der Waals surface area contributed by atoms with E-state index in [0.29, 0.717) is 23.8 Å². The average molecular weight is 480 g/mol. The SMILES string of the molecule is C=C(CC)[C@@H]1Oc2c(OC(=O)CCC3CCCC3)ccc3c2[C@@]12CCN(CC1CC1)C(C3)[C@@]2(C)O. The quantitative estimate of drug-likeness (QED) is 0.311. The third-order valence-electron chi connectivity index (χ3n) is 10.0. The van der Waals surface area contributed by atoms with Gasteiger partial charge in [-0.1, -0.05) is 45.3 Å². The van der Waals surface area contributed by atoms with E-state index >= 15 is 0 Å². The molecule has 1 aromatic rings. The van der Waals surface area contributed by atoms with E-state index in [4.69, 9.17) is 9.47 Å². The Morgan fingerprint density at radius 3 is 2.71 bits per heavy atom. The minimum absolute atomic E-state index is 0.0610. The fourth-order valence-corrected chi connectivity index (χ4v) is 7.77. The van der Waals surface area contributed by atoms with Gasteiger partial charge in [0.15, 0.2) is 11.5 Å². The molecule has 2 heterocycles. The Hall–Kier alpha value is -1.85. The smallest absolute Gasteiger partial charge is 0.311 e. The van der Waals surface area contributed by atoms with Crippen molar-refractivity contribution in [1.82, 2.24) is 4.90 Å². The van der Waals surface area contributed by atoms with Gasteiger partial charge in [0, 0.05) is 24.6 Å². The molecule has 0 amide bonds. The summed E-state index contributed by atoms with van der Waals surface area (Å²) in [5, 5.41) is 12.3. The number of carbonyl (C=O) groups is 1. The summed E-state index contributed by atoms with van der Waals surface area (Å²) in [5.74, 6) is 2.45. The van der Waals surface area contributed by atoms with Crippen LogP contribution in [0, 0.1) is 11.8 Å². The summed E-state index contributed by atoms with van der Waals surface area (Å²) >= 11 is 0. The highest BCUT2D eigenvalue weighted by Crippen LogP contribution is 2.63. The van der Waals surface area contributed by atoms with Gasteiger partial charge < -0.3 is 14.6 Å². The number of fused-ring (bicyclic) bond motifs is 1. The van der Waals surface area contributed by atoms with Crippen LogP contribution in [0.1, 0.15) is 89.2 Å². The van der Waals surface area contributed by atoms with Crippen molar-refractivity contribution < 1.29 is 19.4 Å². The van der Waals surface area contributed by atoms with Crippen molar-refractivity contribution >= 4 is 5.97 Å². The lowest BCUT2D eigenvalue weighted by molar-refractivity contribution is -0.149. The number of nitrogens with zero attached hydrogens (tertiary/aromatic N) is 1. The Labute approximate surface area is 209 Å². The summed E-state index contributed by atoms with van der Waals surface area (Å²) in [6, 6.07) is 4.11. The van der Waals surface area contributed by atoms with Crippen LogP contribution in [0.15, 0.2) is 24.3 Å². The molecule has 1 spiro atoms.